The largest absolute Gasteiger partial charge is 0.325 e. The molecule has 1 aliphatic rings. The first-order valence-corrected chi connectivity index (χ1v) is 14.0. The SMILES string of the molecule is CC(Sc1ccc(S(=O)(=O)N2CCCCCC2)cn1)C(=O)Nc1cccc(S(N)(=O)=O)c1. The summed E-state index contributed by atoms with van der Waals surface area (Å²) >= 11 is 1.16. The van der Waals surface area contributed by atoms with Crippen molar-refractivity contribution in [2.24, 2.45) is 5.14 Å². The van der Waals surface area contributed by atoms with Gasteiger partial charge in [0.25, 0.3) is 0 Å². The number of carbonyl (C=O) groups excluding carboxylic acids is 1. The summed E-state index contributed by atoms with van der Waals surface area (Å²) in [5.41, 5.74) is 0.306. The standard InChI is InChI=1S/C20H26N4O5S3/c1-15(20(25)23-16-7-6-8-17(13-16)31(21,26)27)30-19-10-9-18(14-22-19)32(28,29)24-11-4-2-3-5-12-24/h6-10,13-15H,2-5,11-12H2,1H3,(H,23,25)(H2,21,26,27). The van der Waals surface area contributed by atoms with Crippen molar-refractivity contribution in [3.63, 3.8) is 0 Å². The van der Waals surface area contributed by atoms with Crippen molar-refractivity contribution in [1.82, 2.24) is 9.29 Å². The monoisotopic (exact) mass is 498 g/mol. The third-order valence-electron chi connectivity index (χ3n) is 5.01. The molecule has 32 heavy (non-hydrogen) atoms. The van der Waals surface area contributed by atoms with Crippen LogP contribution in [0.1, 0.15) is 32.6 Å². The van der Waals surface area contributed by atoms with Gasteiger partial charge >= 0.3 is 0 Å². The van der Waals surface area contributed by atoms with Gasteiger partial charge in [-0.05, 0) is 50.1 Å². The molecule has 1 aromatic carbocycles. The fraction of sp³-hybridized carbons (Fsp3) is 0.400. The van der Waals surface area contributed by atoms with Crippen molar-refractivity contribution < 1.29 is 21.6 Å². The zero-order valence-corrected chi connectivity index (χ0v) is 20.0. The van der Waals surface area contributed by atoms with Crippen molar-refractivity contribution in [1.29, 1.82) is 0 Å². The van der Waals surface area contributed by atoms with Crippen LogP contribution < -0.4 is 10.5 Å². The second kappa shape index (κ2) is 10.3. The van der Waals surface area contributed by atoms with Crippen LogP contribution in [0.5, 0.6) is 0 Å². The number of hydrogen-bond donors (Lipinski definition) is 2. The summed E-state index contributed by atoms with van der Waals surface area (Å²) < 4.78 is 50.1. The van der Waals surface area contributed by atoms with Gasteiger partial charge in [-0.3, -0.25) is 4.79 Å². The van der Waals surface area contributed by atoms with E-state index in [2.05, 4.69) is 10.3 Å². The highest BCUT2D eigenvalue weighted by Crippen LogP contribution is 2.25. The number of pyridine rings is 1. The van der Waals surface area contributed by atoms with E-state index in [1.807, 2.05) is 0 Å². The predicted octanol–water partition coefficient (Wildman–Crippen LogP) is 2.41. The molecule has 1 unspecified atom stereocenters. The highest BCUT2D eigenvalue weighted by Gasteiger charge is 2.25. The molecule has 0 spiro atoms. The summed E-state index contributed by atoms with van der Waals surface area (Å²) in [4.78, 5) is 16.8. The van der Waals surface area contributed by atoms with Gasteiger partial charge in [-0.25, -0.2) is 27.0 Å². The fourth-order valence-electron chi connectivity index (χ4n) is 3.25. The summed E-state index contributed by atoms with van der Waals surface area (Å²) in [6.07, 6.45) is 5.10. The number of benzene rings is 1. The summed E-state index contributed by atoms with van der Waals surface area (Å²) in [6, 6.07) is 8.76. The number of primary sulfonamides is 1. The summed E-state index contributed by atoms with van der Waals surface area (Å²) in [5.74, 6) is -0.357. The summed E-state index contributed by atoms with van der Waals surface area (Å²) in [5, 5.41) is 7.71. The Morgan fingerprint density at radius 2 is 1.75 bits per heavy atom. The van der Waals surface area contributed by atoms with E-state index in [4.69, 9.17) is 5.14 Å². The van der Waals surface area contributed by atoms with Crippen molar-refractivity contribution in [3.8, 4) is 0 Å². The van der Waals surface area contributed by atoms with Crippen molar-refractivity contribution >= 4 is 43.4 Å². The number of hydrogen-bond acceptors (Lipinski definition) is 7. The Kier molecular flexibility index (Phi) is 7.93. The lowest BCUT2D eigenvalue weighted by Crippen LogP contribution is -2.32. The second-order valence-corrected chi connectivity index (χ2v) is 12.3. The normalized spacial score (nSPS) is 16.8. The highest BCUT2D eigenvalue weighted by atomic mass is 32.2. The number of nitrogens with two attached hydrogens (primary N) is 1. The molecule has 1 atom stereocenters. The van der Waals surface area contributed by atoms with Gasteiger partial charge in [0.1, 0.15) is 4.90 Å². The van der Waals surface area contributed by atoms with Crippen LogP contribution in [0.2, 0.25) is 0 Å². The van der Waals surface area contributed by atoms with Crippen LogP contribution in [-0.4, -0.2) is 50.4 Å². The number of aromatic nitrogens is 1. The third-order valence-corrected chi connectivity index (χ3v) is 8.85. The smallest absolute Gasteiger partial charge is 0.244 e. The molecule has 1 aromatic heterocycles. The minimum absolute atomic E-state index is 0.0986. The number of thioether (sulfide) groups is 1. The first-order valence-electron chi connectivity index (χ1n) is 10.1. The number of sulfonamides is 2. The highest BCUT2D eigenvalue weighted by molar-refractivity contribution is 8.00. The van der Waals surface area contributed by atoms with Gasteiger partial charge in [0.05, 0.1) is 15.2 Å². The molecular weight excluding hydrogens is 472 g/mol. The zero-order valence-electron chi connectivity index (χ0n) is 17.6. The fourth-order valence-corrected chi connectivity index (χ4v) is 6.06. The maximum absolute atomic E-state index is 12.8. The van der Waals surface area contributed by atoms with E-state index in [9.17, 15) is 21.6 Å². The van der Waals surface area contributed by atoms with Gasteiger partial charge in [0.15, 0.2) is 0 Å². The molecule has 2 heterocycles. The minimum Gasteiger partial charge on any atom is -0.325 e. The van der Waals surface area contributed by atoms with E-state index >= 15 is 0 Å². The Bertz CT molecular complexity index is 1160. The van der Waals surface area contributed by atoms with Crippen molar-refractivity contribution in [3.05, 3.63) is 42.6 Å². The van der Waals surface area contributed by atoms with E-state index in [0.29, 0.717) is 23.8 Å². The Morgan fingerprint density at radius 3 is 2.34 bits per heavy atom. The van der Waals surface area contributed by atoms with Crippen LogP contribution in [-0.2, 0) is 24.8 Å². The van der Waals surface area contributed by atoms with Gasteiger partial charge in [0.2, 0.25) is 26.0 Å². The van der Waals surface area contributed by atoms with Gasteiger partial charge < -0.3 is 5.32 Å². The number of anilines is 1. The maximum Gasteiger partial charge on any atom is 0.244 e. The van der Waals surface area contributed by atoms with Crippen LogP contribution in [0.3, 0.4) is 0 Å². The number of carbonyl (C=O) groups is 1. The number of nitrogens with zero attached hydrogens (tertiary/aromatic N) is 2. The Labute approximate surface area is 192 Å². The Morgan fingerprint density at radius 1 is 1.06 bits per heavy atom. The van der Waals surface area contributed by atoms with E-state index in [-0.39, 0.29) is 15.7 Å². The molecule has 1 saturated heterocycles. The molecule has 12 heteroatoms. The average molecular weight is 499 g/mol. The van der Waals surface area contributed by atoms with E-state index in [0.717, 1.165) is 37.4 Å². The molecule has 1 fully saturated rings. The number of nitrogens with one attached hydrogen (secondary N) is 1. The number of amides is 1. The van der Waals surface area contributed by atoms with E-state index in [1.165, 1.54) is 34.8 Å². The molecule has 0 bridgehead atoms. The van der Waals surface area contributed by atoms with Crippen LogP contribution in [0.15, 0.2) is 57.4 Å². The Hall–Kier alpha value is -1.99. The molecule has 1 aliphatic heterocycles. The lowest BCUT2D eigenvalue weighted by Gasteiger charge is -2.19. The average Bonchev–Trinajstić information content (AvgIpc) is 3.04. The molecule has 3 N–H and O–H groups in total. The van der Waals surface area contributed by atoms with Crippen LogP contribution in [0.4, 0.5) is 5.69 Å². The summed E-state index contributed by atoms with van der Waals surface area (Å²) in [7, 11) is -7.46. The van der Waals surface area contributed by atoms with Gasteiger partial charge in [0, 0.05) is 25.0 Å². The molecule has 3 rings (SSSR count). The van der Waals surface area contributed by atoms with Crippen LogP contribution in [0, 0.1) is 0 Å². The molecule has 1 amide bonds. The molecule has 0 radical (unpaired) electrons. The van der Waals surface area contributed by atoms with E-state index in [1.54, 1.807) is 19.1 Å². The molecular formula is C20H26N4O5S3. The molecule has 174 valence electrons. The molecule has 0 saturated carbocycles. The van der Waals surface area contributed by atoms with Crippen LogP contribution >= 0.6 is 11.8 Å². The van der Waals surface area contributed by atoms with Crippen LogP contribution in [0.25, 0.3) is 0 Å². The molecule has 0 aliphatic carbocycles. The second-order valence-electron chi connectivity index (χ2n) is 7.47. The predicted molar refractivity (Wildman–Crippen MR) is 123 cm³/mol. The molecule has 9 nitrogen and oxygen atoms in total. The molecule has 2 aromatic rings. The van der Waals surface area contributed by atoms with Gasteiger partial charge in [-0.1, -0.05) is 30.7 Å². The minimum atomic E-state index is -3.88. The van der Waals surface area contributed by atoms with Gasteiger partial charge in [-0.15, -0.1) is 0 Å². The van der Waals surface area contributed by atoms with E-state index < -0.39 is 25.3 Å². The zero-order chi connectivity index (χ0) is 23.4. The number of rotatable bonds is 7. The summed E-state index contributed by atoms with van der Waals surface area (Å²) in [6.45, 7) is 2.71. The van der Waals surface area contributed by atoms with Crippen molar-refractivity contribution in [2.75, 3.05) is 18.4 Å². The first kappa shape index (κ1) is 24.6. The topological polar surface area (TPSA) is 140 Å². The van der Waals surface area contributed by atoms with Crippen molar-refractivity contribution in [2.45, 2.75) is 52.7 Å². The Balaban J connectivity index is 1.64. The lowest BCUT2D eigenvalue weighted by atomic mass is 10.2. The lowest BCUT2D eigenvalue weighted by molar-refractivity contribution is -0.115. The van der Waals surface area contributed by atoms with Gasteiger partial charge in [-0.2, -0.15) is 4.31 Å². The maximum atomic E-state index is 12.8. The quantitative estimate of drug-likeness (QED) is 0.559. The first-order chi connectivity index (χ1) is 15.1. The third kappa shape index (κ3) is 6.29.